The molecular formula is C22H14Cl2F10N2O2. The van der Waals surface area contributed by atoms with Crippen LogP contribution >= 0.6 is 23.2 Å². The molecule has 0 saturated heterocycles. The van der Waals surface area contributed by atoms with Crippen LogP contribution in [0.1, 0.15) is 33.0 Å². The monoisotopic (exact) mass is 598 g/mol. The first kappa shape index (κ1) is 31.2. The number of allylic oxidation sites excluding steroid dienone is 1. The van der Waals surface area contributed by atoms with Crippen LogP contribution in [0.4, 0.5) is 43.9 Å². The van der Waals surface area contributed by atoms with Crippen LogP contribution in [0.2, 0.25) is 10.0 Å². The van der Waals surface area contributed by atoms with E-state index in [9.17, 15) is 53.5 Å². The molecule has 4 nitrogen and oxygen atoms in total. The van der Waals surface area contributed by atoms with Crippen LogP contribution in [-0.2, 0) is 11.0 Å². The first-order valence-corrected chi connectivity index (χ1v) is 10.8. The molecule has 2 aromatic rings. The Morgan fingerprint density at radius 3 is 2.03 bits per heavy atom. The largest absolute Gasteiger partial charge is 0.417 e. The number of amides is 2. The third-order valence-corrected chi connectivity index (χ3v) is 5.45. The Labute approximate surface area is 217 Å². The number of halogens is 12. The van der Waals surface area contributed by atoms with E-state index in [0.29, 0.717) is 12.1 Å². The van der Waals surface area contributed by atoms with Gasteiger partial charge < -0.3 is 10.6 Å². The van der Waals surface area contributed by atoms with Gasteiger partial charge in [-0.05, 0) is 35.9 Å². The minimum Gasteiger partial charge on any atom is -0.345 e. The summed E-state index contributed by atoms with van der Waals surface area (Å²) in [5, 5.41) is 2.69. The highest BCUT2D eigenvalue weighted by Crippen LogP contribution is 2.41. The van der Waals surface area contributed by atoms with Crippen molar-refractivity contribution in [1.29, 1.82) is 0 Å². The summed E-state index contributed by atoms with van der Waals surface area (Å²) in [7, 11) is 0. The number of carbonyl (C=O) groups excluding carboxylic acids is 2. The third-order valence-electron chi connectivity index (χ3n) is 4.71. The maximum Gasteiger partial charge on any atom is 0.417 e. The molecule has 0 spiro atoms. The molecule has 2 rings (SSSR count). The summed E-state index contributed by atoms with van der Waals surface area (Å²) in [5.74, 6) is -7.28. The second-order valence-corrected chi connectivity index (χ2v) is 8.35. The van der Waals surface area contributed by atoms with Gasteiger partial charge >= 0.3 is 18.5 Å². The molecule has 0 aliphatic carbocycles. The lowest BCUT2D eigenvalue weighted by Crippen LogP contribution is -2.41. The quantitative estimate of drug-likeness (QED) is 0.335. The molecule has 1 atom stereocenters. The van der Waals surface area contributed by atoms with Crippen LogP contribution in [0.15, 0.2) is 42.5 Å². The van der Waals surface area contributed by atoms with Gasteiger partial charge in [-0.1, -0.05) is 35.3 Å². The summed E-state index contributed by atoms with van der Waals surface area (Å²) in [6.07, 6.45) is -15.2. The summed E-state index contributed by atoms with van der Waals surface area (Å²) in [4.78, 5) is 23.5. The van der Waals surface area contributed by atoms with Crippen molar-refractivity contribution in [3.05, 3.63) is 74.8 Å². The molecule has 0 aromatic heterocycles. The summed E-state index contributed by atoms with van der Waals surface area (Å²) < 4.78 is 133. The highest BCUT2D eigenvalue weighted by molar-refractivity contribution is 6.42. The molecule has 0 fully saturated rings. The molecule has 0 heterocycles. The van der Waals surface area contributed by atoms with Crippen molar-refractivity contribution < 1.29 is 53.5 Å². The molecule has 0 saturated carbocycles. The molecule has 16 heteroatoms. The Morgan fingerprint density at radius 2 is 1.50 bits per heavy atom. The van der Waals surface area contributed by atoms with Gasteiger partial charge in [-0.25, -0.2) is 4.39 Å². The molecule has 208 valence electrons. The van der Waals surface area contributed by atoms with Gasteiger partial charge in [0.2, 0.25) is 5.91 Å². The molecule has 0 radical (unpaired) electrons. The van der Waals surface area contributed by atoms with Crippen molar-refractivity contribution in [3.8, 4) is 0 Å². The van der Waals surface area contributed by atoms with Gasteiger partial charge in [-0.2, -0.15) is 39.5 Å². The lowest BCUT2D eigenvalue weighted by atomic mass is 9.95. The topological polar surface area (TPSA) is 58.2 Å². The second kappa shape index (κ2) is 11.8. The van der Waals surface area contributed by atoms with Crippen LogP contribution in [0.25, 0.3) is 5.83 Å². The summed E-state index contributed by atoms with van der Waals surface area (Å²) in [6.45, 7) is -2.88. The average Bonchev–Trinajstić information content (AvgIpc) is 2.79. The highest BCUT2D eigenvalue weighted by Gasteiger charge is 2.41. The minimum atomic E-state index is -5.31. The predicted octanol–water partition coefficient (Wildman–Crippen LogP) is 7.08. The van der Waals surface area contributed by atoms with Gasteiger partial charge in [-0.15, -0.1) is 0 Å². The van der Waals surface area contributed by atoms with Crippen LogP contribution in [0.5, 0.6) is 0 Å². The first-order chi connectivity index (χ1) is 17.3. The van der Waals surface area contributed by atoms with Gasteiger partial charge in [-0.3, -0.25) is 9.59 Å². The molecule has 1 unspecified atom stereocenters. The van der Waals surface area contributed by atoms with Crippen molar-refractivity contribution in [3.63, 3.8) is 0 Å². The smallest absolute Gasteiger partial charge is 0.345 e. The number of benzene rings is 2. The molecule has 0 aliphatic rings. The summed E-state index contributed by atoms with van der Waals surface area (Å²) >= 11 is 11.4. The number of hydrogen-bond acceptors (Lipinski definition) is 2. The fraction of sp³-hybridized carbons (Fsp3) is 0.273. The van der Waals surface area contributed by atoms with Crippen LogP contribution in [-0.4, -0.2) is 37.3 Å². The Hall–Kier alpha value is -3.00. The van der Waals surface area contributed by atoms with Crippen LogP contribution < -0.4 is 10.6 Å². The number of nitrogens with one attached hydrogen (secondary N) is 2. The highest BCUT2D eigenvalue weighted by atomic mass is 35.5. The van der Waals surface area contributed by atoms with Crippen molar-refractivity contribution in [2.24, 2.45) is 0 Å². The van der Waals surface area contributed by atoms with E-state index in [2.05, 4.69) is 0 Å². The van der Waals surface area contributed by atoms with E-state index < -0.39 is 77.4 Å². The zero-order valence-corrected chi connectivity index (χ0v) is 19.9. The maximum absolute atomic E-state index is 14.8. The van der Waals surface area contributed by atoms with Crippen LogP contribution in [0, 0.1) is 0 Å². The Balaban J connectivity index is 2.38. The van der Waals surface area contributed by atoms with Gasteiger partial charge in [0, 0.05) is 5.56 Å². The molecular weight excluding hydrogens is 585 g/mol. The maximum atomic E-state index is 14.8. The van der Waals surface area contributed by atoms with Gasteiger partial charge in [0.25, 0.3) is 5.91 Å². The van der Waals surface area contributed by atoms with Gasteiger partial charge in [0.05, 0.1) is 27.7 Å². The van der Waals surface area contributed by atoms with Crippen molar-refractivity contribution in [2.75, 3.05) is 13.1 Å². The lowest BCUT2D eigenvalue weighted by molar-refractivity contribution is -0.140. The van der Waals surface area contributed by atoms with E-state index in [-0.39, 0.29) is 22.2 Å². The van der Waals surface area contributed by atoms with E-state index in [1.54, 1.807) is 5.32 Å². The molecule has 0 aliphatic heterocycles. The molecule has 0 bridgehead atoms. The Bertz CT molecular complexity index is 1220. The van der Waals surface area contributed by atoms with E-state index in [4.69, 9.17) is 23.2 Å². The van der Waals surface area contributed by atoms with E-state index in [0.717, 1.165) is 18.2 Å². The normalized spacial score (nSPS) is 13.7. The fourth-order valence-electron chi connectivity index (χ4n) is 2.97. The summed E-state index contributed by atoms with van der Waals surface area (Å²) in [6, 6.07) is 3.83. The number of rotatable bonds is 7. The van der Waals surface area contributed by atoms with E-state index in [1.165, 1.54) is 5.32 Å². The number of hydrogen-bond donors (Lipinski definition) is 2. The Morgan fingerprint density at radius 1 is 0.868 bits per heavy atom. The minimum absolute atomic E-state index is 0.0137. The Kier molecular flexibility index (Phi) is 9.70. The zero-order chi connectivity index (χ0) is 29.1. The van der Waals surface area contributed by atoms with E-state index >= 15 is 0 Å². The van der Waals surface area contributed by atoms with Crippen molar-refractivity contribution >= 4 is 40.8 Å². The standard InChI is InChI=1S/C22H14Cl2F10N2O2/c23-15-4-2-10(6-16(15)24)13(21(29,30)31)7-17(25)11-1-3-12(14(5-11)22(32,33)34)19(38)35-8-18(37)36-9-20(26,27)28/h1-7,13H,8-9H2,(H,35,38)(H,36,37). The zero-order valence-electron chi connectivity index (χ0n) is 18.4. The fourth-order valence-corrected chi connectivity index (χ4v) is 3.28. The second-order valence-electron chi connectivity index (χ2n) is 7.54. The first-order valence-electron chi connectivity index (χ1n) is 10.0. The molecule has 2 N–H and O–H groups in total. The van der Waals surface area contributed by atoms with Crippen LogP contribution in [0.3, 0.4) is 0 Å². The average molecular weight is 599 g/mol. The third kappa shape index (κ3) is 8.79. The van der Waals surface area contributed by atoms with Crippen molar-refractivity contribution in [1.82, 2.24) is 10.6 Å². The lowest BCUT2D eigenvalue weighted by Gasteiger charge is -2.19. The summed E-state index contributed by atoms with van der Waals surface area (Å²) in [5.41, 5.74) is -4.46. The molecule has 2 aromatic carbocycles. The van der Waals surface area contributed by atoms with Crippen molar-refractivity contribution in [2.45, 2.75) is 24.4 Å². The predicted molar refractivity (Wildman–Crippen MR) is 117 cm³/mol. The van der Waals surface area contributed by atoms with Gasteiger partial charge in [0.1, 0.15) is 18.3 Å². The molecule has 2 amide bonds. The molecule has 38 heavy (non-hydrogen) atoms. The number of carbonyl (C=O) groups is 2. The SMILES string of the molecule is O=C(CNC(=O)c1ccc(C(F)=CC(c2ccc(Cl)c(Cl)c2)C(F)(F)F)cc1C(F)(F)F)NCC(F)(F)F. The van der Waals surface area contributed by atoms with E-state index in [1.807, 2.05) is 0 Å². The number of alkyl halides is 9. The van der Waals surface area contributed by atoms with Gasteiger partial charge in [0.15, 0.2) is 0 Å².